The van der Waals surface area contributed by atoms with E-state index in [-0.39, 0.29) is 6.71 Å². The molecule has 0 atom stereocenters. The molecule has 0 spiro atoms. The van der Waals surface area contributed by atoms with Gasteiger partial charge in [-0.15, -0.1) is 0 Å². The van der Waals surface area contributed by atoms with Crippen LogP contribution in [-0.2, 0) is 0 Å². The third-order valence-corrected chi connectivity index (χ3v) is 6.62. The van der Waals surface area contributed by atoms with E-state index in [9.17, 15) is 0 Å². The van der Waals surface area contributed by atoms with Crippen LogP contribution in [0, 0.1) is 0 Å². The first kappa shape index (κ1) is 18.3. The van der Waals surface area contributed by atoms with Crippen LogP contribution in [0.25, 0.3) is 22.3 Å². The topological polar surface area (TPSA) is 18.5 Å². The Hall–Kier alpha value is -4.24. The normalized spacial score (nSPS) is 12.7. The van der Waals surface area contributed by atoms with Crippen LogP contribution >= 0.6 is 0 Å². The largest absolute Gasteiger partial charge is 0.458 e. The van der Waals surface area contributed by atoms with Gasteiger partial charge < -0.3 is 9.47 Å². The van der Waals surface area contributed by atoms with Crippen LogP contribution < -0.4 is 25.9 Å². The van der Waals surface area contributed by atoms with Gasteiger partial charge >= 0.3 is 0 Å². The quantitative estimate of drug-likeness (QED) is 0.331. The van der Waals surface area contributed by atoms with Crippen LogP contribution in [0.2, 0.25) is 0 Å². The minimum atomic E-state index is 0.0519. The van der Waals surface area contributed by atoms with Crippen molar-refractivity contribution in [3.05, 3.63) is 115 Å². The Balaban J connectivity index is 1.49. The average molecular weight is 422 g/mol. The van der Waals surface area contributed by atoms with Crippen molar-refractivity contribution in [3.8, 4) is 45.3 Å². The summed E-state index contributed by atoms with van der Waals surface area (Å²) in [5.74, 6) is 3.56. The zero-order valence-corrected chi connectivity index (χ0v) is 17.9. The summed E-state index contributed by atoms with van der Waals surface area (Å²) in [6.45, 7) is 0.0519. The van der Waals surface area contributed by atoms with Crippen molar-refractivity contribution in [2.24, 2.45) is 0 Å². The van der Waals surface area contributed by atoms with Crippen LogP contribution in [0.5, 0.6) is 23.0 Å². The van der Waals surface area contributed by atoms with E-state index in [1.165, 1.54) is 22.1 Å². The molecule has 2 nitrogen and oxygen atoms in total. The summed E-state index contributed by atoms with van der Waals surface area (Å²) in [5, 5.41) is 0. The van der Waals surface area contributed by atoms with Crippen LogP contribution in [0.15, 0.2) is 115 Å². The van der Waals surface area contributed by atoms with E-state index in [1.54, 1.807) is 0 Å². The number of para-hydroxylation sites is 1. The molecular formula is C30H19BO2. The van der Waals surface area contributed by atoms with E-state index in [0.29, 0.717) is 0 Å². The number of fused-ring (bicyclic) bond motifs is 4. The number of benzene rings is 5. The molecule has 5 aromatic carbocycles. The summed E-state index contributed by atoms with van der Waals surface area (Å²) in [4.78, 5) is 0. The summed E-state index contributed by atoms with van der Waals surface area (Å²) in [7, 11) is 0. The summed E-state index contributed by atoms with van der Waals surface area (Å²) < 4.78 is 13.0. The number of hydrogen-bond donors (Lipinski definition) is 0. The van der Waals surface area contributed by atoms with Crippen molar-refractivity contribution in [1.29, 1.82) is 0 Å². The number of hydrogen-bond acceptors (Lipinski definition) is 2. The van der Waals surface area contributed by atoms with Crippen LogP contribution in [-0.4, -0.2) is 6.71 Å². The van der Waals surface area contributed by atoms with Gasteiger partial charge in [-0.2, -0.15) is 0 Å². The highest BCUT2D eigenvalue weighted by Gasteiger charge is 2.41. The maximum Gasteiger partial charge on any atom is 0.260 e. The second-order valence-corrected chi connectivity index (χ2v) is 8.51. The molecule has 0 unspecified atom stereocenters. The van der Waals surface area contributed by atoms with Gasteiger partial charge in [-0.05, 0) is 51.9 Å². The Kier molecular flexibility index (Phi) is 3.97. The van der Waals surface area contributed by atoms with Crippen molar-refractivity contribution in [3.63, 3.8) is 0 Å². The van der Waals surface area contributed by atoms with Crippen LogP contribution in [0.4, 0.5) is 0 Å². The molecule has 0 aliphatic carbocycles. The summed E-state index contributed by atoms with van der Waals surface area (Å²) in [6.07, 6.45) is 0. The summed E-state index contributed by atoms with van der Waals surface area (Å²) >= 11 is 0. The molecule has 7 rings (SSSR count). The fourth-order valence-electron chi connectivity index (χ4n) is 5.09. The molecule has 0 fully saturated rings. The molecule has 0 N–H and O–H groups in total. The molecule has 0 saturated heterocycles. The van der Waals surface area contributed by atoms with Crippen LogP contribution in [0.3, 0.4) is 0 Å². The molecule has 154 valence electrons. The van der Waals surface area contributed by atoms with Gasteiger partial charge in [-0.25, -0.2) is 0 Å². The van der Waals surface area contributed by atoms with Gasteiger partial charge in [0.15, 0.2) is 0 Å². The first-order chi connectivity index (χ1) is 16.4. The maximum absolute atomic E-state index is 6.56. The van der Waals surface area contributed by atoms with Crippen molar-refractivity contribution in [2.45, 2.75) is 0 Å². The molecule has 0 bridgehead atoms. The lowest BCUT2D eigenvalue weighted by Crippen LogP contribution is -2.57. The van der Waals surface area contributed by atoms with Crippen molar-refractivity contribution in [1.82, 2.24) is 0 Å². The lowest BCUT2D eigenvalue weighted by atomic mass is 9.34. The van der Waals surface area contributed by atoms with E-state index in [1.807, 2.05) is 18.2 Å². The van der Waals surface area contributed by atoms with E-state index in [2.05, 4.69) is 97.1 Å². The van der Waals surface area contributed by atoms with Gasteiger partial charge in [0.25, 0.3) is 6.71 Å². The molecule has 0 amide bonds. The molecular weight excluding hydrogens is 403 g/mol. The molecule has 33 heavy (non-hydrogen) atoms. The Bertz CT molecular complexity index is 1510. The highest BCUT2D eigenvalue weighted by molar-refractivity contribution is 6.98. The molecule has 5 aromatic rings. The van der Waals surface area contributed by atoms with E-state index >= 15 is 0 Å². The van der Waals surface area contributed by atoms with Gasteiger partial charge in [0.2, 0.25) is 0 Å². The molecule has 0 saturated carbocycles. The smallest absolute Gasteiger partial charge is 0.260 e. The standard InChI is InChI=1S/C30H19BO2/c1-3-9-20(10-4-1)22-15-17-27-25(19-22)31-24-13-7-8-14-26(24)33-30-23(21-11-5-2-6-12-21)16-18-28(32-27)29(30)31/h1-19H. The number of ether oxygens (including phenoxy) is 2. The third-order valence-electron chi connectivity index (χ3n) is 6.62. The average Bonchev–Trinajstić information content (AvgIpc) is 2.89. The van der Waals surface area contributed by atoms with Crippen LogP contribution in [0.1, 0.15) is 0 Å². The SMILES string of the molecule is c1ccc(-c2ccc3c(c2)B2c4ccccc4Oc4c(-c5ccccc5)ccc(c42)O3)cc1. The third kappa shape index (κ3) is 2.83. The minimum absolute atomic E-state index is 0.0519. The van der Waals surface area contributed by atoms with Gasteiger partial charge in [0.05, 0.1) is 0 Å². The lowest BCUT2D eigenvalue weighted by Gasteiger charge is -2.34. The Labute approximate surface area is 193 Å². The zero-order chi connectivity index (χ0) is 21.8. The molecule has 2 heterocycles. The van der Waals surface area contributed by atoms with E-state index in [0.717, 1.165) is 39.6 Å². The Morgan fingerprint density at radius 3 is 1.94 bits per heavy atom. The highest BCUT2D eigenvalue weighted by Crippen LogP contribution is 2.40. The molecule has 2 aliphatic heterocycles. The van der Waals surface area contributed by atoms with Gasteiger partial charge in [0, 0.05) is 11.0 Å². The summed E-state index contributed by atoms with van der Waals surface area (Å²) in [6, 6.07) is 40.0. The second-order valence-electron chi connectivity index (χ2n) is 8.51. The zero-order valence-electron chi connectivity index (χ0n) is 17.9. The molecule has 2 aliphatic rings. The van der Waals surface area contributed by atoms with Crippen molar-refractivity contribution in [2.75, 3.05) is 0 Å². The Morgan fingerprint density at radius 1 is 0.455 bits per heavy atom. The molecule has 0 radical (unpaired) electrons. The van der Waals surface area contributed by atoms with E-state index < -0.39 is 0 Å². The predicted molar refractivity (Wildman–Crippen MR) is 135 cm³/mol. The fraction of sp³-hybridized carbons (Fsp3) is 0. The van der Waals surface area contributed by atoms with Gasteiger partial charge in [-0.1, -0.05) is 91.0 Å². The predicted octanol–water partition coefficient (Wildman–Crippen LogP) is 5.75. The fourth-order valence-corrected chi connectivity index (χ4v) is 5.09. The highest BCUT2D eigenvalue weighted by atomic mass is 16.5. The second kappa shape index (κ2) is 7.14. The van der Waals surface area contributed by atoms with Gasteiger partial charge in [-0.3, -0.25) is 0 Å². The van der Waals surface area contributed by atoms with E-state index in [4.69, 9.17) is 9.47 Å². The summed E-state index contributed by atoms with van der Waals surface area (Å²) in [5.41, 5.74) is 8.05. The molecule has 0 aromatic heterocycles. The first-order valence-corrected chi connectivity index (χ1v) is 11.2. The van der Waals surface area contributed by atoms with Crippen molar-refractivity contribution >= 4 is 23.1 Å². The van der Waals surface area contributed by atoms with Crippen molar-refractivity contribution < 1.29 is 9.47 Å². The maximum atomic E-state index is 6.56. The first-order valence-electron chi connectivity index (χ1n) is 11.2. The number of rotatable bonds is 2. The minimum Gasteiger partial charge on any atom is -0.458 e. The Morgan fingerprint density at radius 2 is 1.12 bits per heavy atom. The monoisotopic (exact) mass is 422 g/mol. The van der Waals surface area contributed by atoms with Gasteiger partial charge in [0.1, 0.15) is 23.0 Å². The molecule has 3 heteroatoms. The lowest BCUT2D eigenvalue weighted by molar-refractivity contribution is 0.465.